The lowest BCUT2D eigenvalue weighted by atomic mass is 9.94. The van der Waals surface area contributed by atoms with Gasteiger partial charge in [-0.2, -0.15) is 5.10 Å². The molecule has 0 aliphatic rings. The topological polar surface area (TPSA) is 70.6 Å². The van der Waals surface area contributed by atoms with Crippen molar-refractivity contribution >= 4 is 18.0 Å². The number of hydrogen-bond acceptors (Lipinski definition) is 4. The molecule has 0 aliphatic heterocycles. The number of anilines is 1. The first-order valence-electron chi connectivity index (χ1n) is 8.19. The molecule has 0 bridgehead atoms. The van der Waals surface area contributed by atoms with Crippen LogP contribution >= 0.6 is 0 Å². The van der Waals surface area contributed by atoms with Gasteiger partial charge in [0.1, 0.15) is 5.82 Å². The largest absolute Gasteiger partial charge is 0.393 e. The predicted molar refractivity (Wildman–Crippen MR) is 103 cm³/mol. The van der Waals surface area contributed by atoms with Crippen LogP contribution in [-0.4, -0.2) is 24.0 Å². The Bertz CT molecular complexity index is 765. The van der Waals surface area contributed by atoms with E-state index in [0.717, 1.165) is 27.9 Å². The van der Waals surface area contributed by atoms with Crippen molar-refractivity contribution in [2.24, 2.45) is 10.9 Å². The minimum absolute atomic E-state index is 0.281. The van der Waals surface area contributed by atoms with Crippen LogP contribution in [0.2, 0.25) is 0 Å². The summed E-state index contributed by atoms with van der Waals surface area (Å²) in [7, 11) is 0. The molecule has 0 aromatic heterocycles. The summed E-state index contributed by atoms with van der Waals surface area (Å²) in [5.41, 5.74) is 4.50. The number of benzene rings is 2. The van der Waals surface area contributed by atoms with Crippen LogP contribution < -0.4 is 11.2 Å². The number of hydrazone groups is 1. The van der Waals surface area contributed by atoms with E-state index in [1.807, 2.05) is 25.1 Å². The van der Waals surface area contributed by atoms with Gasteiger partial charge in [0.05, 0.1) is 12.3 Å². The summed E-state index contributed by atoms with van der Waals surface area (Å²) < 4.78 is 14.4. The molecule has 2 aromatic carbocycles. The molecule has 0 aliphatic carbocycles. The van der Waals surface area contributed by atoms with E-state index >= 15 is 0 Å². The standard InChI is InChI=1S/C20H24FN3O/c1-4-17-16(12-24-22)10-15(11-19(17)23-9-8-14(3)25)20-13(2)6-5-7-18(20)21/h4-7,10-12,14,23,25H,1,8-9,22H2,2-3H3/b24-12-. The third-order valence-electron chi connectivity index (χ3n) is 4.02. The van der Waals surface area contributed by atoms with Gasteiger partial charge in [0.2, 0.25) is 0 Å². The molecule has 0 amide bonds. The van der Waals surface area contributed by atoms with Crippen LogP contribution in [0, 0.1) is 12.7 Å². The number of nitrogens with zero attached hydrogens (tertiary/aromatic N) is 1. The number of hydrogen-bond donors (Lipinski definition) is 3. The van der Waals surface area contributed by atoms with Gasteiger partial charge in [0.15, 0.2) is 0 Å². The van der Waals surface area contributed by atoms with Crippen LogP contribution in [0.25, 0.3) is 17.2 Å². The van der Waals surface area contributed by atoms with Gasteiger partial charge in [-0.1, -0.05) is 24.8 Å². The number of rotatable bonds is 7. The fourth-order valence-corrected chi connectivity index (χ4v) is 2.79. The second-order valence-electron chi connectivity index (χ2n) is 6.01. The number of halogens is 1. The summed E-state index contributed by atoms with van der Waals surface area (Å²) in [4.78, 5) is 0. The van der Waals surface area contributed by atoms with Gasteiger partial charge in [-0.05, 0) is 49.6 Å². The zero-order chi connectivity index (χ0) is 18.4. The summed E-state index contributed by atoms with van der Waals surface area (Å²) >= 11 is 0. The van der Waals surface area contributed by atoms with Crippen molar-refractivity contribution < 1.29 is 9.50 Å². The maximum absolute atomic E-state index is 14.4. The highest BCUT2D eigenvalue weighted by atomic mass is 19.1. The molecule has 0 saturated heterocycles. The molecular weight excluding hydrogens is 317 g/mol. The van der Waals surface area contributed by atoms with E-state index in [1.54, 1.807) is 19.1 Å². The summed E-state index contributed by atoms with van der Waals surface area (Å²) in [5.74, 6) is 5.05. The van der Waals surface area contributed by atoms with Crippen molar-refractivity contribution in [1.82, 2.24) is 0 Å². The molecule has 1 unspecified atom stereocenters. The van der Waals surface area contributed by atoms with Crippen LogP contribution in [0.4, 0.5) is 10.1 Å². The van der Waals surface area contributed by atoms with Gasteiger partial charge in [-0.25, -0.2) is 4.39 Å². The van der Waals surface area contributed by atoms with Crippen molar-refractivity contribution in [2.75, 3.05) is 11.9 Å². The normalized spacial score (nSPS) is 12.3. The zero-order valence-electron chi connectivity index (χ0n) is 14.6. The first kappa shape index (κ1) is 18.7. The van der Waals surface area contributed by atoms with Gasteiger partial charge >= 0.3 is 0 Å². The van der Waals surface area contributed by atoms with E-state index in [0.29, 0.717) is 18.5 Å². The number of aliphatic hydroxyl groups is 1. The first-order chi connectivity index (χ1) is 12.0. The molecule has 1 atom stereocenters. The minimum atomic E-state index is -0.401. The van der Waals surface area contributed by atoms with Gasteiger partial charge in [-0.15, -0.1) is 0 Å². The maximum atomic E-state index is 14.4. The first-order valence-corrected chi connectivity index (χ1v) is 8.19. The Kier molecular flexibility index (Phi) is 6.31. The second kappa shape index (κ2) is 8.44. The molecule has 0 saturated carbocycles. The second-order valence-corrected chi connectivity index (χ2v) is 6.01. The molecule has 0 radical (unpaired) electrons. The molecule has 4 N–H and O–H groups in total. The molecule has 0 heterocycles. The maximum Gasteiger partial charge on any atom is 0.131 e. The average molecular weight is 341 g/mol. The molecule has 25 heavy (non-hydrogen) atoms. The highest BCUT2D eigenvalue weighted by molar-refractivity contribution is 5.92. The van der Waals surface area contributed by atoms with Gasteiger partial charge < -0.3 is 16.3 Å². The van der Waals surface area contributed by atoms with Crippen molar-refractivity contribution in [3.63, 3.8) is 0 Å². The van der Waals surface area contributed by atoms with Crippen LogP contribution in [-0.2, 0) is 0 Å². The molecular formula is C20H24FN3O. The highest BCUT2D eigenvalue weighted by Gasteiger charge is 2.13. The van der Waals surface area contributed by atoms with Crippen LogP contribution in [0.1, 0.15) is 30.0 Å². The smallest absolute Gasteiger partial charge is 0.131 e. The Morgan fingerprint density at radius 1 is 1.40 bits per heavy atom. The van der Waals surface area contributed by atoms with Crippen LogP contribution in [0.15, 0.2) is 42.0 Å². The van der Waals surface area contributed by atoms with Gasteiger partial charge in [-0.3, -0.25) is 0 Å². The van der Waals surface area contributed by atoms with E-state index in [9.17, 15) is 9.50 Å². The highest BCUT2D eigenvalue weighted by Crippen LogP contribution is 2.32. The van der Waals surface area contributed by atoms with E-state index in [-0.39, 0.29) is 5.82 Å². The fourth-order valence-electron chi connectivity index (χ4n) is 2.79. The van der Waals surface area contributed by atoms with E-state index in [1.165, 1.54) is 12.3 Å². The number of nitrogens with one attached hydrogen (secondary N) is 1. The Morgan fingerprint density at radius 3 is 2.76 bits per heavy atom. The SMILES string of the molecule is C=Cc1c(/C=N\N)cc(-c2c(C)cccc2F)cc1NCCC(C)O. The summed E-state index contributed by atoms with van der Waals surface area (Å²) in [6.45, 7) is 8.04. The molecule has 0 spiro atoms. The summed E-state index contributed by atoms with van der Waals surface area (Å²) in [6, 6.07) is 8.74. The number of nitrogens with two attached hydrogens (primary N) is 1. The Morgan fingerprint density at radius 2 is 2.16 bits per heavy atom. The number of aliphatic hydroxyl groups excluding tert-OH is 1. The quantitative estimate of drug-likeness (QED) is 0.406. The van der Waals surface area contributed by atoms with E-state index in [4.69, 9.17) is 5.84 Å². The Hall–Kier alpha value is -2.66. The summed E-state index contributed by atoms with van der Waals surface area (Å²) in [5, 5.41) is 16.4. The lowest BCUT2D eigenvalue weighted by Crippen LogP contribution is -2.11. The minimum Gasteiger partial charge on any atom is -0.393 e. The van der Waals surface area contributed by atoms with Crippen molar-refractivity contribution in [1.29, 1.82) is 0 Å². The van der Waals surface area contributed by atoms with Crippen molar-refractivity contribution in [3.05, 3.63) is 59.4 Å². The van der Waals surface area contributed by atoms with Gasteiger partial charge in [0.25, 0.3) is 0 Å². The molecule has 2 aromatic rings. The zero-order valence-corrected chi connectivity index (χ0v) is 14.6. The summed E-state index contributed by atoms with van der Waals surface area (Å²) in [6.07, 6.45) is 3.43. The van der Waals surface area contributed by atoms with Crippen LogP contribution in [0.5, 0.6) is 0 Å². The Labute approximate surface area is 147 Å². The van der Waals surface area contributed by atoms with E-state index in [2.05, 4.69) is 17.0 Å². The van der Waals surface area contributed by atoms with Gasteiger partial charge in [0, 0.05) is 28.9 Å². The monoisotopic (exact) mass is 341 g/mol. The third-order valence-corrected chi connectivity index (χ3v) is 4.02. The third kappa shape index (κ3) is 4.45. The average Bonchev–Trinajstić information content (AvgIpc) is 2.54. The Balaban J connectivity index is 2.57. The fraction of sp³-hybridized carbons (Fsp3) is 0.250. The molecule has 0 fully saturated rings. The van der Waals surface area contributed by atoms with Crippen LogP contribution in [0.3, 0.4) is 0 Å². The van der Waals surface area contributed by atoms with E-state index < -0.39 is 6.10 Å². The lowest BCUT2D eigenvalue weighted by molar-refractivity contribution is 0.189. The molecule has 132 valence electrons. The lowest BCUT2D eigenvalue weighted by Gasteiger charge is -2.16. The number of aryl methyl sites for hydroxylation is 1. The predicted octanol–water partition coefficient (Wildman–Crippen LogP) is 3.92. The molecule has 5 heteroatoms. The molecule has 2 rings (SSSR count). The molecule has 4 nitrogen and oxygen atoms in total. The van der Waals surface area contributed by atoms with Crippen molar-refractivity contribution in [2.45, 2.75) is 26.4 Å². The van der Waals surface area contributed by atoms with Crippen molar-refractivity contribution in [3.8, 4) is 11.1 Å².